The van der Waals surface area contributed by atoms with Crippen molar-refractivity contribution in [3.63, 3.8) is 0 Å². The molecule has 1 atom stereocenters. The molecule has 3 aromatic rings. The summed E-state index contributed by atoms with van der Waals surface area (Å²) in [6.07, 6.45) is 0.228. The van der Waals surface area contributed by atoms with Crippen LogP contribution in [0.3, 0.4) is 0 Å². The maximum Gasteiger partial charge on any atom is 0.237 e. The second-order valence-corrected chi connectivity index (χ2v) is 9.52. The van der Waals surface area contributed by atoms with Gasteiger partial charge in [-0.3, -0.25) is 9.59 Å². The van der Waals surface area contributed by atoms with E-state index < -0.39 is 11.1 Å². The summed E-state index contributed by atoms with van der Waals surface area (Å²) in [4.78, 5) is 25.6. The average Bonchev–Trinajstić information content (AvgIpc) is 2.72. The molecule has 3 aromatic carbocycles. The van der Waals surface area contributed by atoms with Crippen molar-refractivity contribution in [1.29, 1.82) is 0 Å². The summed E-state index contributed by atoms with van der Waals surface area (Å²) in [5, 5.41) is 5.61. The zero-order valence-electron chi connectivity index (χ0n) is 16.5. The number of carbonyl (C=O) groups excluding carboxylic acids is 2. The van der Waals surface area contributed by atoms with Crippen LogP contribution in [0.25, 0.3) is 0 Å². The van der Waals surface area contributed by atoms with Gasteiger partial charge in [-0.15, -0.1) is 11.8 Å². The first-order valence-corrected chi connectivity index (χ1v) is 11.4. The van der Waals surface area contributed by atoms with Crippen molar-refractivity contribution in [2.24, 2.45) is 0 Å². The van der Waals surface area contributed by atoms with Gasteiger partial charge in [0, 0.05) is 20.1 Å². The highest BCUT2D eigenvalue weighted by atomic mass is 79.9. The van der Waals surface area contributed by atoms with Crippen LogP contribution in [0.5, 0.6) is 0 Å². The van der Waals surface area contributed by atoms with Crippen LogP contribution >= 0.6 is 39.3 Å². The Morgan fingerprint density at radius 1 is 1.06 bits per heavy atom. The highest BCUT2D eigenvalue weighted by molar-refractivity contribution is 9.10. The average molecular weight is 522 g/mol. The Hall–Kier alpha value is -2.35. The maximum atomic E-state index is 14.0. The first kappa shape index (κ1) is 23.3. The summed E-state index contributed by atoms with van der Waals surface area (Å²) < 4.78 is 14.6. The molecule has 0 saturated carbocycles. The topological polar surface area (TPSA) is 58.2 Å². The van der Waals surface area contributed by atoms with E-state index in [4.69, 9.17) is 11.6 Å². The highest BCUT2D eigenvalue weighted by Crippen LogP contribution is 2.27. The fourth-order valence-corrected chi connectivity index (χ4v) is 4.11. The molecule has 0 radical (unpaired) electrons. The number of thioether (sulfide) groups is 1. The van der Waals surface area contributed by atoms with Crippen molar-refractivity contribution < 1.29 is 14.0 Å². The van der Waals surface area contributed by atoms with E-state index in [-0.39, 0.29) is 23.9 Å². The summed E-state index contributed by atoms with van der Waals surface area (Å²) in [7, 11) is 0. The molecule has 31 heavy (non-hydrogen) atoms. The van der Waals surface area contributed by atoms with Gasteiger partial charge in [-0.25, -0.2) is 4.39 Å². The molecule has 160 valence electrons. The third-order valence-electron chi connectivity index (χ3n) is 4.27. The largest absolute Gasteiger partial charge is 0.326 e. The molecule has 2 amide bonds. The first-order valence-electron chi connectivity index (χ1n) is 9.37. The van der Waals surface area contributed by atoms with Gasteiger partial charge in [-0.2, -0.15) is 0 Å². The van der Waals surface area contributed by atoms with Crippen molar-refractivity contribution in [2.45, 2.75) is 23.5 Å². The van der Waals surface area contributed by atoms with E-state index >= 15 is 0 Å². The molecule has 0 heterocycles. The van der Waals surface area contributed by atoms with E-state index in [1.807, 2.05) is 18.2 Å². The van der Waals surface area contributed by atoms with Gasteiger partial charge in [0.1, 0.15) is 5.82 Å². The Morgan fingerprint density at radius 3 is 2.52 bits per heavy atom. The number of hydrogen-bond acceptors (Lipinski definition) is 3. The Morgan fingerprint density at radius 2 is 1.81 bits per heavy atom. The fraction of sp³-hybridized carbons (Fsp3) is 0.130. The zero-order chi connectivity index (χ0) is 22.4. The summed E-state index contributed by atoms with van der Waals surface area (Å²) in [5.74, 6) is -0.977. The number of rotatable bonds is 7. The molecule has 0 aromatic heterocycles. The Balaban J connectivity index is 1.58. The summed E-state index contributed by atoms with van der Waals surface area (Å²) >= 11 is 10.4. The quantitative estimate of drug-likeness (QED) is 0.347. The van der Waals surface area contributed by atoms with E-state index in [0.717, 1.165) is 10.5 Å². The summed E-state index contributed by atoms with van der Waals surface area (Å²) in [6.45, 7) is 1.74. The van der Waals surface area contributed by atoms with E-state index in [1.54, 1.807) is 43.3 Å². The van der Waals surface area contributed by atoms with Crippen LogP contribution in [0.15, 0.2) is 76.1 Å². The van der Waals surface area contributed by atoms with Crippen molar-refractivity contribution in [3.05, 3.63) is 87.6 Å². The third-order valence-corrected chi connectivity index (χ3v) is 6.11. The molecule has 3 rings (SSSR count). The molecule has 0 spiro atoms. The van der Waals surface area contributed by atoms with Crippen LogP contribution in [0.1, 0.15) is 12.5 Å². The lowest BCUT2D eigenvalue weighted by atomic mass is 10.1. The molecule has 0 saturated heterocycles. The third kappa shape index (κ3) is 7.09. The number of hydrogen-bond donors (Lipinski definition) is 2. The minimum Gasteiger partial charge on any atom is -0.326 e. The minimum atomic E-state index is -0.509. The van der Waals surface area contributed by atoms with E-state index in [1.165, 1.54) is 23.9 Å². The second kappa shape index (κ2) is 10.8. The van der Waals surface area contributed by atoms with Gasteiger partial charge in [-0.05, 0) is 61.0 Å². The predicted molar refractivity (Wildman–Crippen MR) is 128 cm³/mol. The van der Waals surface area contributed by atoms with Crippen LogP contribution < -0.4 is 10.6 Å². The number of anilines is 2. The number of amides is 2. The molecule has 0 aliphatic rings. The second-order valence-electron chi connectivity index (χ2n) is 6.75. The Bertz CT molecular complexity index is 1100. The van der Waals surface area contributed by atoms with Crippen LogP contribution in [0.2, 0.25) is 5.02 Å². The molecular weight excluding hydrogens is 503 g/mol. The van der Waals surface area contributed by atoms with Gasteiger partial charge in [0.15, 0.2) is 0 Å². The molecule has 4 nitrogen and oxygen atoms in total. The van der Waals surface area contributed by atoms with Crippen LogP contribution in [0.4, 0.5) is 15.8 Å². The van der Waals surface area contributed by atoms with Crippen LogP contribution in [0, 0.1) is 5.82 Å². The van der Waals surface area contributed by atoms with E-state index in [2.05, 4.69) is 26.6 Å². The monoisotopic (exact) mass is 520 g/mol. The molecule has 0 bridgehead atoms. The predicted octanol–water partition coefficient (Wildman–Crippen LogP) is 6.54. The van der Waals surface area contributed by atoms with E-state index in [9.17, 15) is 14.0 Å². The molecule has 0 aliphatic carbocycles. The molecule has 2 N–H and O–H groups in total. The number of benzene rings is 3. The van der Waals surface area contributed by atoms with Gasteiger partial charge >= 0.3 is 0 Å². The van der Waals surface area contributed by atoms with Gasteiger partial charge in [-0.1, -0.05) is 45.7 Å². The van der Waals surface area contributed by atoms with Crippen molar-refractivity contribution >= 4 is 62.5 Å². The maximum absolute atomic E-state index is 14.0. The van der Waals surface area contributed by atoms with Gasteiger partial charge in [0.2, 0.25) is 11.8 Å². The number of nitrogens with one attached hydrogen (secondary N) is 2. The van der Waals surface area contributed by atoms with Gasteiger partial charge in [0.25, 0.3) is 0 Å². The van der Waals surface area contributed by atoms with Crippen LogP contribution in [-0.2, 0) is 16.0 Å². The van der Waals surface area contributed by atoms with Crippen LogP contribution in [-0.4, -0.2) is 17.1 Å². The molecule has 0 fully saturated rings. The fourth-order valence-electron chi connectivity index (χ4n) is 2.72. The Kier molecular flexibility index (Phi) is 8.12. The lowest BCUT2D eigenvalue weighted by Gasteiger charge is -2.13. The molecule has 0 aliphatic heterocycles. The smallest absolute Gasteiger partial charge is 0.237 e. The molecular formula is C23H19BrClFN2O2S. The standard InChI is InChI=1S/C23H19BrClFN2O2S/c1-14(23(30)28-21-10-7-16(24)12-20(21)26)31-19-4-2-3-18(13-19)27-22(29)11-15-5-8-17(25)9-6-15/h2-10,12-14H,11H2,1H3,(H,27,29)(H,28,30). The van der Waals surface area contributed by atoms with E-state index in [0.29, 0.717) is 15.2 Å². The van der Waals surface area contributed by atoms with Crippen molar-refractivity contribution in [2.75, 3.05) is 10.6 Å². The minimum absolute atomic E-state index is 0.129. The molecule has 1 unspecified atom stereocenters. The lowest BCUT2D eigenvalue weighted by molar-refractivity contribution is -0.116. The normalized spacial score (nSPS) is 11.6. The molecule has 8 heteroatoms. The van der Waals surface area contributed by atoms with Gasteiger partial charge < -0.3 is 10.6 Å². The van der Waals surface area contributed by atoms with Gasteiger partial charge in [0.05, 0.1) is 17.4 Å². The van der Waals surface area contributed by atoms with Crippen molar-refractivity contribution in [1.82, 2.24) is 0 Å². The number of halogens is 3. The lowest BCUT2D eigenvalue weighted by Crippen LogP contribution is -2.23. The number of carbonyl (C=O) groups is 2. The first-order chi connectivity index (χ1) is 14.8. The zero-order valence-corrected chi connectivity index (χ0v) is 19.7. The van der Waals surface area contributed by atoms with Crippen molar-refractivity contribution in [3.8, 4) is 0 Å². The SMILES string of the molecule is CC(Sc1cccc(NC(=O)Cc2ccc(Cl)cc2)c1)C(=O)Nc1ccc(Br)cc1F. The Labute approximate surface area is 197 Å². The summed E-state index contributed by atoms with van der Waals surface area (Å²) in [6, 6.07) is 18.8. The highest BCUT2D eigenvalue weighted by Gasteiger charge is 2.17. The summed E-state index contributed by atoms with van der Waals surface area (Å²) in [5.41, 5.74) is 1.62.